The standard InChI is InChI=1S/C12H14FNO3/c13-10-3-1-2-9(4-10)5-14-6-11(7-15)17-8-12(14)16/h1-4,11,15H,5-8H2. The maximum atomic E-state index is 13.0. The zero-order chi connectivity index (χ0) is 12.3. The first kappa shape index (κ1) is 12.0. The molecule has 1 heterocycles. The summed E-state index contributed by atoms with van der Waals surface area (Å²) < 4.78 is 18.1. The molecule has 1 amide bonds. The molecule has 1 fully saturated rings. The Morgan fingerprint density at radius 1 is 1.53 bits per heavy atom. The Hall–Kier alpha value is -1.46. The van der Waals surface area contributed by atoms with E-state index in [9.17, 15) is 9.18 Å². The lowest BCUT2D eigenvalue weighted by Crippen LogP contribution is -2.47. The van der Waals surface area contributed by atoms with Crippen molar-refractivity contribution in [1.29, 1.82) is 0 Å². The summed E-state index contributed by atoms with van der Waals surface area (Å²) in [7, 11) is 0. The molecule has 0 spiro atoms. The average molecular weight is 239 g/mol. The summed E-state index contributed by atoms with van der Waals surface area (Å²) in [5.74, 6) is -0.458. The number of hydrogen-bond donors (Lipinski definition) is 1. The van der Waals surface area contributed by atoms with Gasteiger partial charge in [-0.25, -0.2) is 4.39 Å². The van der Waals surface area contributed by atoms with Gasteiger partial charge in [-0.2, -0.15) is 0 Å². The van der Waals surface area contributed by atoms with E-state index in [1.165, 1.54) is 12.1 Å². The van der Waals surface area contributed by atoms with Gasteiger partial charge in [-0.1, -0.05) is 12.1 Å². The van der Waals surface area contributed by atoms with E-state index in [-0.39, 0.29) is 31.0 Å². The van der Waals surface area contributed by atoms with Gasteiger partial charge in [-0.05, 0) is 17.7 Å². The molecule has 1 atom stereocenters. The first-order valence-corrected chi connectivity index (χ1v) is 5.43. The molecule has 1 aliphatic heterocycles. The molecule has 2 rings (SSSR count). The van der Waals surface area contributed by atoms with Gasteiger partial charge in [0, 0.05) is 13.1 Å². The van der Waals surface area contributed by atoms with E-state index < -0.39 is 0 Å². The molecule has 92 valence electrons. The molecular weight excluding hydrogens is 225 g/mol. The highest BCUT2D eigenvalue weighted by atomic mass is 19.1. The number of ether oxygens (including phenoxy) is 1. The number of nitrogens with zero attached hydrogens (tertiary/aromatic N) is 1. The number of morpholine rings is 1. The number of halogens is 1. The SMILES string of the molecule is O=C1COC(CO)CN1Cc1cccc(F)c1. The van der Waals surface area contributed by atoms with E-state index >= 15 is 0 Å². The molecule has 1 unspecified atom stereocenters. The average Bonchev–Trinajstić information content (AvgIpc) is 2.32. The fourth-order valence-corrected chi connectivity index (χ4v) is 1.80. The Morgan fingerprint density at radius 2 is 2.35 bits per heavy atom. The van der Waals surface area contributed by atoms with Gasteiger partial charge in [0.2, 0.25) is 5.91 Å². The summed E-state index contributed by atoms with van der Waals surface area (Å²) >= 11 is 0. The molecule has 5 heteroatoms. The van der Waals surface area contributed by atoms with Crippen LogP contribution in [0.1, 0.15) is 5.56 Å². The lowest BCUT2D eigenvalue weighted by molar-refractivity contribution is -0.151. The monoisotopic (exact) mass is 239 g/mol. The van der Waals surface area contributed by atoms with Gasteiger partial charge in [-0.15, -0.1) is 0 Å². The molecule has 1 saturated heterocycles. The second-order valence-corrected chi connectivity index (χ2v) is 4.02. The molecule has 1 aromatic carbocycles. The van der Waals surface area contributed by atoms with E-state index in [1.807, 2.05) is 0 Å². The van der Waals surface area contributed by atoms with Crippen LogP contribution in [0.3, 0.4) is 0 Å². The Morgan fingerprint density at radius 3 is 3.06 bits per heavy atom. The number of hydrogen-bond acceptors (Lipinski definition) is 3. The van der Waals surface area contributed by atoms with Crippen LogP contribution in [-0.4, -0.2) is 41.8 Å². The van der Waals surface area contributed by atoms with Gasteiger partial charge in [0.05, 0.1) is 12.7 Å². The first-order chi connectivity index (χ1) is 8.19. The molecule has 0 aliphatic carbocycles. The van der Waals surface area contributed by atoms with Crippen LogP contribution in [0.25, 0.3) is 0 Å². The lowest BCUT2D eigenvalue weighted by Gasteiger charge is -2.31. The van der Waals surface area contributed by atoms with E-state index in [0.29, 0.717) is 13.1 Å². The van der Waals surface area contributed by atoms with Crippen molar-refractivity contribution < 1.29 is 19.0 Å². The number of carbonyl (C=O) groups is 1. The summed E-state index contributed by atoms with van der Waals surface area (Å²) in [5.41, 5.74) is 0.733. The van der Waals surface area contributed by atoms with E-state index in [0.717, 1.165) is 5.56 Å². The largest absolute Gasteiger partial charge is 0.394 e. The van der Waals surface area contributed by atoms with Crippen LogP contribution in [0.4, 0.5) is 4.39 Å². The quantitative estimate of drug-likeness (QED) is 0.837. The molecule has 4 nitrogen and oxygen atoms in total. The molecule has 17 heavy (non-hydrogen) atoms. The highest BCUT2D eigenvalue weighted by Gasteiger charge is 2.25. The van der Waals surface area contributed by atoms with Crippen LogP contribution in [0.15, 0.2) is 24.3 Å². The van der Waals surface area contributed by atoms with Crippen LogP contribution in [0.5, 0.6) is 0 Å². The topological polar surface area (TPSA) is 49.8 Å². The highest BCUT2D eigenvalue weighted by molar-refractivity contribution is 5.78. The minimum atomic E-state index is -0.346. The molecule has 1 N–H and O–H groups in total. The maximum absolute atomic E-state index is 13.0. The Labute approximate surface area is 98.6 Å². The maximum Gasteiger partial charge on any atom is 0.248 e. The number of carbonyl (C=O) groups excluding carboxylic acids is 1. The van der Waals surface area contributed by atoms with E-state index in [1.54, 1.807) is 17.0 Å². The van der Waals surface area contributed by atoms with Crippen LogP contribution in [-0.2, 0) is 16.1 Å². The summed E-state index contributed by atoms with van der Waals surface area (Å²) in [6.45, 7) is 0.537. The third-order valence-electron chi connectivity index (χ3n) is 2.69. The van der Waals surface area contributed by atoms with Crippen LogP contribution in [0.2, 0.25) is 0 Å². The number of rotatable bonds is 3. The normalized spacial score (nSPS) is 20.7. The molecule has 0 aromatic heterocycles. The van der Waals surface area contributed by atoms with Gasteiger partial charge in [0.25, 0.3) is 0 Å². The fraction of sp³-hybridized carbons (Fsp3) is 0.417. The first-order valence-electron chi connectivity index (χ1n) is 5.43. The van der Waals surface area contributed by atoms with Gasteiger partial charge < -0.3 is 14.7 Å². The zero-order valence-electron chi connectivity index (χ0n) is 9.30. The van der Waals surface area contributed by atoms with Gasteiger partial charge in [0.15, 0.2) is 0 Å². The molecule has 1 aromatic rings. The molecule has 0 radical (unpaired) electrons. The third kappa shape index (κ3) is 3.01. The minimum Gasteiger partial charge on any atom is -0.394 e. The van der Waals surface area contributed by atoms with Crippen LogP contribution >= 0.6 is 0 Å². The molecular formula is C12H14FNO3. The highest BCUT2D eigenvalue weighted by Crippen LogP contribution is 2.12. The van der Waals surface area contributed by atoms with Crippen molar-refractivity contribution in [2.24, 2.45) is 0 Å². The number of aliphatic hydroxyl groups excluding tert-OH is 1. The third-order valence-corrected chi connectivity index (χ3v) is 2.69. The van der Waals surface area contributed by atoms with Crippen molar-refractivity contribution in [3.63, 3.8) is 0 Å². The second kappa shape index (κ2) is 5.25. The predicted molar refractivity (Wildman–Crippen MR) is 58.6 cm³/mol. The van der Waals surface area contributed by atoms with Gasteiger partial charge in [-0.3, -0.25) is 4.79 Å². The second-order valence-electron chi connectivity index (χ2n) is 4.02. The number of amides is 1. The van der Waals surface area contributed by atoms with Crippen LogP contribution < -0.4 is 0 Å². The fourth-order valence-electron chi connectivity index (χ4n) is 1.80. The smallest absolute Gasteiger partial charge is 0.248 e. The van der Waals surface area contributed by atoms with Gasteiger partial charge >= 0.3 is 0 Å². The van der Waals surface area contributed by atoms with Crippen molar-refractivity contribution in [3.8, 4) is 0 Å². The Kier molecular flexibility index (Phi) is 3.71. The minimum absolute atomic E-state index is 0.0272. The molecule has 1 aliphatic rings. The van der Waals surface area contributed by atoms with Crippen molar-refractivity contribution in [1.82, 2.24) is 4.90 Å². The zero-order valence-corrected chi connectivity index (χ0v) is 9.30. The molecule has 0 saturated carbocycles. The van der Waals surface area contributed by atoms with E-state index in [4.69, 9.17) is 9.84 Å². The number of benzene rings is 1. The Bertz CT molecular complexity index is 410. The summed E-state index contributed by atoms with van der Waals surface area (Å²) in [6.07, 6.45) is -0.346. The number of aliphatic hydroxyl groups is 1. The Balaban J connectivity index is 2.04. The summed E-state index contributed by atoms with van der Waals surface area (Å²) in [6, 6.07) is 6.14. The van der Waals surface area contributed by atoms with Crippen molar-refractivity contribution in [2.45, 2.75) is 12.6 Å². The van der Waals surface area contributed by atoms with Crippen LogP contribution in [0, 0.1) is 5.82 Å². The summed E-state index contributed by atoms with van der Waals surface area (Å²) in [4.78, 5) is 13.1. The molecule has 0 bridgehead atoms. The predicted octanol–water partition coefficient (Wildman–Crippen LogP) is 0.545. The van der Waals surface area contributed by atoms with E-state index in [2.05, 4.69) is 0 Å². The van der Waals surface area contributed by atoms with Crippen molar-refractivity contribution >= 4 is 5.91 Å². The van der Waals surface area contributed by atoms with Crippen molar-refractivity contribution in [2.75, 3.05) is 19.8 Å². The van der Waals surface area contributed by atoms with Gasteiger partial charge in [0.1, 0.15) is 12.4 Å². The lowest BCUT2D eigenvalue weighted by atomic mass is 10.2. The summed E-state index contributed by atoms with van der Waals surface area (Å²) in [5, 5.41) is 8.98. The van der Waals surface area contributed by atoms with Crippen molar-refractivity contribution in [3.05, 3.63) is 35.6 Å².